The van der Waals surface area contributed by atoms with Crippen molar-refractivity contribution >= 4 is 27.5 Å². The largest absolute Gasteiger partial charge is 0.467 e. The van der Waals surface area contributed by atoms with E-state index >= 15 is 0 Å². The van der Waals surface area contributed by atoms with Crippen molar-refractivity contribution in [1.82, 2.24) is 10.2 Å². The highest BCUT2D eigenvalue weighted by atomic mass is 32.1. The molecule has 0 radical (unpaired) electrons. The summed E-state index contributed by atoms with van der Waals surface area (Å²) in [6.07, 6.45) is 1.63. The quantitative estimate of drug-likeness (QED) is 0.438. The lowest BCUT2D eigenvalue weighted by Crippen LogP contribution is -2.19. The summed E-state index contributed by atoms with van der Waals surface area (Å²) in [6, 6.07) is 8.07. The van der Waals surface area contributed by atoms with Crippen LogP contribution in [0.2, 0.25) is 0 Å². The van der Waals surface area contributed by atoms with Gasteiger partial charge in [-0.05, 0) is 46.6 Å². The van der Waals surface area contributed by atoms with Gasteiger partial charge in [-0.1, -0.05) is 65.0 Å². The minimum absolute atomic E-state index is 0.133. The lowest BCUT2D eigenvalue weighted by Gasteiger charge is -2.22. The predicted molar refractivity (Wildman–Crippen MR) is 123 cm³/mol. The lowest BCUT2D eigenvalue weighted by atomic mass is 9.84. The second kappa shape index (κ2) is 9.43. The molecule has 0 aliphatic carbocycles. The van der Waals surface area contributed by atoms with Crippen LogP contribution in [-0.4, -0.2) is 16.1 Å². The molecule has 7 heteroatoms. The number of benzene rings is 1. The minimum Gasteiger partial charge on any atom is -0.467 e. The van der Waals surface area contributed by atoms with Gasteiger partial charge >= 0.3 is 0 Å². The molecular weight excluding hydrogens is 396 g/mol. The predicted octanol–water partition coefficient (Wildman–Crippen LogP) is 6.37. The Kier molecular flexibility index (Phi) is 6.92. The van der Waals surface area contributed by atoms with Gasteiger partial charge in [0, 0.05) is 5.56 Å². The number of nitrogens with zero attached hydrogens (tertiary/aromatic N) is 2. The number of aromatic nitrogens is 2. The monoisotopic (exact) mass is 426 g/mol. The number of nitrogens with one attached hydrogen (secondary N) is 2. The van der Waals surface area contributed by atoms with E-state index in [4.69, 9.17) is 4.42 Å². The standard InChI is InChI=1S/C23H30N4O2S/c1-13(2)16-10-18(14(3)4)20(19(11-16)15(5)6)21(28)25-23-27-26-22(30-23)24-12-17-8-7-9-29-17/h7-11,13-15H,12H2,1-6H3,(H,24,26)(H,25,27,28). The van der Waals surface area contributed by atoms with Crippen LogP contribution in [0.3, 0.4) is 0 Å². The molecule has 1 amide bonds. The molecule has 0 aliphatic rings. The normalized spacial score (nSPS) is 11.5. The SMILES string of the molecule is CC(C)c1cc(C(C)C)c(C(=O)Nc2nnc(NCc3ccco3)s2)c(C(C)C)c1. The first kappa shape index (κ1) is 22.0. The topological polar surface area (TPSA) is 80.0 Å². The molecule has 0 aliphatic heterocycles. The summed E-state index contributed by atoms with van der Waals surface area (Å²) in [5.41, 5.74) is 4.16. The summed E-state index contributed by atoms with van der Waals surface area (Å²) in [4.78, 5) is 13.3. The Morgan fingerprint density at radius 2 is 1.63 bits per heavy atom. The maximum absolute atomic E-state index is 13.3. The molecule has 160 valence electrons. The van der Waals surface area contributed by atoms with Crippen LogP contribution in [0.1, 0.15) is 92.1 Å². The van der Waals surface area contributed by atoms with Crippen molar-refractivity contribution in [3.8, 4) is 0 Å². The molecule has 2 heterocycles. The maximum atomic E-state index is 13.3. The number of anilines is 2. The van der Waals surface area contributed by atoms with Crippen LogP contribution in [0.5, 0.6) is 0 Å². The molecular formula is C23H30N4O2S. The zero-order chi connectivity index (χ0) is 21.8. The molecule has 0 unspecified atom stereocenters. The van der Waals surface area contributed by atoms with E-state index < -0.39 is 0 Å². The molecule has 3 aromatic rings. The van der Waals surface area contributed by atoms with E-state index in [9.17, 15) is 4.79 Å². The number of rotatable bonds is 8. The summed E-state index contributed by atoms with van der Waals surface area (Å²) in [5.74, 6) is 1.56. The van der Waals surface area contributed by atoms with Crippen LogP contribution in [0.15, 0.2) is 34.9 Å². The van der Waals surface area contributed by atoms with Gasteiger partial charge in [0.25, 0.3) is 5.91 Å². The molecule has 0 bridgehead atoms. The third-order valence-electron chi connectivity index (χ3n) is 5.00. The van der Waals surface area contributed by atoms with E-state index in [1.807, 2.05) is 12.1 Å². The average molecular weight is 427 g/mol. The fourth-order valence-electron chi connectivity index (χ4n) is 3.30. The van der Waals surface area contributed by atoms with E-state index in [1.165, 1.54) is 16.9 Å². The van der Waals surface area contributed by atoms with Crippen LogP contribution in [0, 0.1) is 0 Å². The summed E-state index contributed by atoms with van der Waals surface area (Å²) >= 11 is 1.31. The molecule has 1 aromatic carbocycles. The number of carbonyl (C=O) groups excluding carboxylic acids is 1. The van der Waals surface area contributed by atoms with Gasteiger partial charge in [-0.15, -0.1) is 10.2 Å². The van der Waals surface area contributed by atoms with E-state index in [2.05, 4.69) is 74.5 Å². The number of hydrogen-bond donors (Lipinski definition) is 2. The van der Waals surface area contributed by atoms with Gasteiger partial charge in [0.1, 0.15) is 5.76 Å². The van der Waals surface area contributed by atoms with Gasteiger partial charge in [0.15, 0.2) is 0 Å². The highest BCUT2D eigenvalue weighted by Gasteiger charge is 2.23. The Morgan fingerprint density at radius 1 is 1.00 bits per heavy atom. The first-order valence-electron chi connectivity index (χ1n) is 10.3. The molecule has 0 saturated carbocycles. The second-order valence-corrected chi connectivity index (χ2v) is 9.32. The Morgan fingerprint density at radius 3 is 2.17 bits per heavy atom. The van der Waals surface area contributed by atoms with E-state index in [-0.39, 0.29) is 17.7 Å². The zero-order valence-corrected chi connectivity index (χ0v) is 19.3. The summed E-state index contributed by atoms with van der Waals surface area (Å²) in [5, 5.41) is 15.4. The summed E-state index contributed by atoms with van der Waals surface area (Å²) < 4.78 is 5.31. The number of hydrogen-bond acceptors (Lipinski definition) is 6. The highest BCUT2D eigenvalue weighted by molar-refractivity contribution is 7.19. The molecule has 6 nitrogen and oxygen atoms in total. The maximum Gasteiger partial charge on any atom is 0.258 e. The van der Waals surface area contributed by atoms with Crippen molar-refractivity contribution < 1.29 is 9.21 Å². The smallest absolute Gasteiger partial charge is 0.258 e. The molecule has 30 heavy (non-hydrogen) atoms. The third kappa shape index (κ3) is 5.08. The van der Waals surface area contributed by atoms with Gasteiger partial charge in [-0.2, -0.15) is 0 Å². The van der Waals surface area contributed by atoms with Crippen LogP contribution >= 0.6 is 11.3 Å². The Balaban J connectivity index is 1.84. The van der Waals surface area contributed by atoms with Crippen molar-refractivity contribution in [2.45, 2.75) is 65.8 Å². The van der Waals surface area contributed by atoms with Crippen molar-refractivity contribution in [1.29, 1.82) is 0 Å². The van der Waals surface area contributed by atoms with Crippen LogP contribution < -0.4 is 10.6 Å². The Bertz CT molecular complexity index is 962. The molecule has 2 N–H and O–H groups in total. The minimum atomic E-state index is -0.133. The van der Waals surface area contributed by atoms with Crippen LogP contribution in [0.4, 0.5) is 10.3 Å². The molecule has 0 saturated heterocycles. The van der Waals surface area contributed by atoms with E-state index in [0.29, 0.717) is 22.7 Å². The van der Waals surface area contributed by atoms with Crippen molar-refractivity contribution in [3.63, 3.8) is 0 Å². The first-order valence-corrected chi connectivity index (χ1v) is 11.2. The fraction of sp³-hybridized carbons (Fsp3) is 0.435. The number of furan rings is 1. The van der Waals surface area contributed by atoms with Gasteiger partial charge in [0.05, 0.1) is 12.8 Å². The first-order chi connectivity index (χ1) is 14.3. The van der Waals surface area contributed by atoms with Crippen molar-refractivity contribution in [2.24, 2.45) is 0 Å². The van der Waals surface area contributed by atoms with Crippen LogP contribution in [0.25, 0.3) is 0 Å². The van der Waals surface area contributed by atoms with Gasteiger partial charge in [-0.3, -0.25) is 10.1 Å². The van der Waals surface area contributed by atoms with Gasteiger partial charge in [0.2, 0.25) is 10.3 Å². The Labute approximate surface area is 182 Å². The molecule has 0 fully saturated rings. The highest BCUT2D eigenvalue weighted by Crippen LogP contribution is 2.33. The van der Waals surface area contributed by atoms with Gasteiger partial charge < -0.3 is 9.73 Å². The van der Waals surface area contributed by atoms with Crippen molar-refractivity contribution in [3.05, 3.63) is 58.5 Å². The number of carbonyl (C=O) groups is 1. The second-order valence-electron chi connectivity index (χ2n) is 8.34. The number of amides is 1. The Hall–Kier alpha value is -2.67. The van der Waals surface area contributed by atoms with E-state index in [0.717, 1.165) is 22.5 Å². The van der Waals surface area contributed by atoms with Gasteiger partial charge in [-0.25, -0.2) is 0 Å². The van der Waals surface area contributed by atoms with E-state index in [1.54, 1.807) is 6.26 Å². The summed E-state index contributed by atoms with van der Waals surface area (Å²) in [7, 11) is 0. The lowest BCUT2D eigenvalue weighted by molar-refractivity contribution is 0.102. The van der Waals surface area contributed by atoms with Crippen molar-refractivity contribution in [2.75, 3.05) is 10.6 Å². The van der Waals surface area contributed by atoms with Crippen LogP contribution in [-0.2, 0) is 6.54 Å². The average Bonchev–Trinajstić information content (AvgIpc) is 3.36. The third-order valence-corrected chi connectivity index (χ3v) is 5.80. The molecule has 2 aromatic heterocycles. The summed E-state index contributed by atoms with van der Waals surface area (Å²) in [6.45, 7) is 13.4. The molecule has 0 atom stereocenters. The fourth-order valence-corrected chi connectivity index (χ4v) is 3.93. The molecule has 3 rings (SSSR count). The molecule has 0 spiro atoms. The zero-order valence-electron chi connectivity index (χ0n) is 18.4.